The Bertz CT molecular complexity index is 1780. The first-order valence-electron chi connectivity index (χ1n) is 14.3. The summed E-state index contributed by atoms with van der Waals surface area (Å²) in [5, 5.41) is 0.247. The van der Waals surface area contributed by atoms with Gasteiger partial charge in [0.15, 0.2) is 17.0 Å². The van der Waals surface area contributed by atoms with Gasteiger partial charge in [-0.25, -0.2) is 12.7 Å². The van der Waals surface area contributed by atoms with Crippen LogP contribution in [0.25, 0.3) is 0 Å². The van der Waals surface area contributed by atoms with E-state index in [1.54, 1.807) is 43.3 Å². The fourth-order valence-corrected chi connectivity index (χ4v) is 8.18. The van der Waals surface area contributed by atoms with E-state index in [2.05, 4.69) is 0 Å². The van der Waals surface area contributed by atoms with Gasteiger partial charge in [-0.3, -0.25) is 14.5 Å². The summed E-state index contributed by atoms with van der Waals surface area (Å²) < 4.78 is 58.1. The molecule has 0 saturated carbocycles. The predicted octanol–water partition coefficient (Wildman–Crippen LogP) is 3.53. The number of halogens is 1. The Balaban J connectivity index is 1.90. The second-order valence-corrected chi connectivity index (χ2v) is 13.2. The first-order valence-corrected chi connectivity index (χ1v) is 16.1. The SMILES string of the molecule is COc1ccc(S(=O)(=O)N2C(=O)C(c3cccc(OC)c3OC)(N3C[C@H](OC)C[C@H]3C(=O)N(C)C)c3cc(Cl)ccc32)c(OC)c1. The topological polar surface area (TPSA) is 124 Å². The summed E-state index contributed by atoms with van der Waals surface area (Å²) in [5.41, 5.74) is -1.40. The van der Waals surface area contributed by atoms with Gasteiger partial charge in [0.05, 0.1) is 46.3 Å². The van der Waals surface area contributed by atoms with Gasteiger partial charge >= 0.3 is 0 Å². The summed E-state index contributed by atoms with van der Waals surface area (Å²) >= 11 is 6.60. The molecule has 12 nitrogen and oxygen atoms in total. The third kappa shape index (κ3) is 5.02. The van der Waals surface area contributed by atoms with Gasteiger partial charge in [0, 0.05) is 50.0 Å². The summed E-state index contributed by atoms with van der Waals surface area (Å²) in [4.78, 5) is 32.1. The molecule has 3 atom stereocenters. The van der Waals surface area contributed by atoms with E-state index in [1.807, 2.05) is 0 Å². The zero-order chi connectivity index (χ0) is 33.6. The molecule has 5 rings (SSSR count). The molecule has 246 valence electrons. The molecule has 0 N–H and O–H groups in total. The third-order valence-corrected chi connectivity index (χ3v) is 10.5. The van der Waals surface area contributed by atoms with E-state index in [9.17, 15) is 13.2 Å². The maximum absolute atomic E-state index is 15.5. The average Bonchev–Trinajstić information content (AvgIpc) is 3.60. The highest BCUT2D eigenvalue weighted by Gasteiger charge is 2.64. The molecule has 1 saturated heterocycles. The number of amides is 2. The van der Waals surface area contributed by atoms with Crippen LogP contribution >= 0.6 is 11.6 Å². The number of sulfonamides is 1. The van der Waals surface area contributed by atoms with Crippen LogP contribution in [0.1, 0.15) is 17.5 Å². The molecule has 0 bridgehead atoms. The van der Waals surface area contributed by atoms with Crippen molar-refractivity contribution >= 4 is 39.1 Å². The summed E-state index contributed by atoms with van der Waals surface area (Å²) in [5.74, 6) is -0.355. The molecule has 1 unspecified atom stereocenters. The van der Waals surface area contributed by atoms with Crippen molar-refractivity contribution in [3.63, 3.8) is 0 Å². The van der Waals surface area contributed by atoms with Crippen LogP contribution < -0.4 is 23.3 Å². The fraction of sp³-hybridized carbons (Fsp3) is 0.375. The minimum atomic E-state index is -4.66. The van der Waals surface area contributed by atoms with E-state index in [-0.39, 0.29) is 57.1 Å². The molecule has 0 spiro atoms. The summed E-state index contributed by atoms with van der Waals surface area (Å²) in [6, 6.07) is 12.8. The maximum atomic E-state index is 15.5. The number of benzene rings is 3. The van der Waals surface area contributed by atoms with E-state index in [0.717, 1.165) is 4.31 Å². The molecule has 14 heteroatoms. The number of likely N-dealkylation sites (N-methyl/N-ethyl adjacent to an activating group) is 1. The Labute approximate surface area is 273 Å². The second-order valence-electron chi connectivity index (χ2n) is 11.0. The summed E-state index contributed by atoms with van der Waals surface area (Å²) in [6.45, 7) is 0.0958. The minimum absolute atomic E-state index is 0.0274. The highest BCUT2D eigenvalue weighted by Crippen LogP contribution is 2.56. The zero-order valence-electron chi connectivity index (χ0n) is 26.6. The molecule has 1 fully saturated rings. The minimum Gasteiger partial charge on any atom is -0.497 e. The van der Waals surface area contributed by atoms with Gasteiger partial charge < -0.3 is 28.6 Å². The Morgan fingerprint density at radius 3 is 2.24 bits per heavy atom. The molecule has 2 amide bonds. The number of likely N-dealkylation sites (tertiary alicyclic amines) is 1. The van der Waals surface area contributed by atoms with Crippen LogP contribution in [0, 0.1) is 0 Å². The highest BCUT2D eigenvalue weighted by molar-refractivity contribution is 7.93. The summed E-state index contributed by atoms with van der Waals surface area (Å²) in [7, 11) is 5.75. The van der Waals surface area contributed by atoms with Crippen LogP contribution in [0.2, 0.25) is 5.02 Å². The first kappa shape index (κ1) is 33.3. The second kappa shape index (κ2) is 12.6. The van der Waals surface area contributed by atoms with Crippen molar-refractivity contribution in [1.29, 1.82) is 0 Å². The highest BCUT2D eigenvalue weighted by atomic mass is 35.5. The molecule has 2 aliphatic heterocycles. The van der Waals surface area contributed by atoms with Gasteiger partial charge in [-0.15, -0.1) is 0 Å². The average molecular weight is 674 g/mol. The molecule has 0 radical (unpaired) electrons. The van der Waals surface area contributed by atoms with Gasteiger partial charge in [-0.1, -0.05) is 23.7 Å². The van der Waals surface area contributed by atoms with E-state index >= 15 is 4.79 Å². The van der Waals surface area contributed by atoms with Gasteiger partial charge in [0.2, 0.25) is 5.91 Å². The molecule has 3 aromatic rings. The number of methoxy groups -OCH3 is 5. The van der Waals surface area contributed by atoms with Crippen molar-refractivity contribution in [3.8, 4) is 23.0 Å². The van der Waals surface area contributed by atoms with E-state index in [1.165, 1.54) is 70.8 Å². The largest absolute Gasteiger partial charge is 0.497 e. The standard InChI is InChI=1S/C32H36ClN3O9S/c1-34(2)30(37)25-16-21(42-4)18-35(25)32(22-9-8-10-26(43-5)29(22)45-7)23-15-19(33)11-13-24(23)36(31(32)38)46(39,40)28-14-12-20(41-3)17-27(28)44-6/h8-15,17,21,25H,16,18H2,1-7H3/t21-,25+,32?/m1/s1. The lowest BCUT2D eigenvalue weighted by Crippen LogP contribution is -2.59. The van der Waals surface area contributed by atoms with Gasteiger partial charge in [0.1, 0.15) is 16.4 Å². The van der Waals surface area contributed by atoms with Gasteiger partial charge in [-0.2, -0.15) is 0 Å². The lowest BCUT2D eigenvalue weighted by molar-refractivity contribution is -0.138. The number of fused-ring (bicyclic) bond motifs is 1. The molecule has 0 aromatic heterocycles. The number of carbonyl (C=O) groups is 2. The van der Waals surface area contributed by atoms with Crippen LogP contribution in [0.5, 0.6) is 23.0 Å². The predicted molar refractivity (Wildman–Crippen MR) is 171 cm³/mol. The van der Waals surface area contributed by atoms with Crippen molar-refractivity contribution in [2.45, 2.75) is 29.0 Å². The smallest absolute Gasteiger partial charge is 0.274 e. The lowest BCUT2D eigenvalue weighted by atomic mass is 9.80. The number of ether oxygens (including phenoxy) is 5. The van der Waals surface area contributed by atoms with Crippen molar-refractivity contribution in [3.05, 3.63) is 70.7 Å². The first-order chi connectivity index (χ1) is 21.9. The molecule has 0 aliphatic carbocycles. The molecule has 3 aromatic carbocycles. The number of anilines is 1. The molecule has 2 heterocycles. The maximum Gasteiger partial charge on any atom is 0.274 e. The van der Waals surface area contributed by atoms with Crippen LogP contribution in [0.4, 0.5) is 5.69 Å². The Morgan fingerprint density at radius 1 is 0.913 bits per heavy atom. The quantitative estimate of drug-likeness (QED) is 0.316. The summed E-state index contributed by atoms with van der Waals surface area (Å²) in [6.07, 6.45) is -0.228. The van der Waals surface area contributed by atoms with E-state index in [4.69, 9.17) is 35.3 Å². The number of hydrogen-bond acceptors (Lipinski definition) is 10. The van der Waals surface area contributed by atoms with Gasteiger partial charge in [-0.05, 0) is 42.8 Å². The van der Waals surface area contributed by atoms with Crippen LogP contribution in [0.3, 0.4) is 0 Å². The van der Waals surface area contributed by atoms with Crippen LogP contribution in [0.15, 0.2) is 59.5 Å². The third-order valence-electron chi connectivity index (χ3n) is 8.50. The van der Waals surface area contributed by atoms with Crippen LogP contribution in [-0.2, 0) is 29.9 Å². The van der Waals surface area contributed by atoms with Crippen LogP contribution in [-0.4, -0.2) is 98.4 Å². The Kier molecular flexibility index (Phi) is 9.15. The number of carbonyl (C=O) groups excluding carboxylic acids is 2. The van der Waals surface area contributed by atoms with Crippen molar-refractivity contribution < 1.29 is 41.7 Å². The number of hydrogen-bond donors (Lipinski definition) is 0. The molecular weight excluding hydrogens is 638 g/mol. The Hall–Kier alpha value is -4.04. The number of para-hydroxylation sites is 1. The van der Waals surface area contributed by atoms with Gasteiger partial charge in [0.25, 0.3) is 15.9 Å². The Morgan fingerprint density at radius 2 is 1.63 bits per heavy atom. The van der Waals surface area contributed by atoms with Crippen molar-refractivity contribution in [2.75, 3.05) is 60.5 Å². The molecular formula is C32H36ClN3O9S. The fourth-order valence-electron chi connectivity index (χ4n) is 6.41. The number of rotatable bonds is 10. The van der Waals surface area contributed by atoms with E-state index in [0.29, 0.717) is 11.5 Å². The molecule has 2 aliphatic rings. The zero-order valence-corrected chi connectivity index (χ0v) is 28.1. The lowest BCUT2D eigenvalue weighted by Gasteiger charge is -2.42. The number of nitrogens with zero attached hydrogens (tertiary/aromatic N) is 3. The van der Waals surface area contributed by atoms with Crippen molar-refractivity contribution in [2.24, 2.45) is 0 Å². The van der Waals surface area contributed by atoms with E-state index < -0.39 is 33.6 Å². The normalized spacial score (nSPS) is 21.2. The van der Waals surface area contributed by atoms with Crippen molar-refractivity contribution in [1.82, 2.24) is 9.80 Å². The molecule has 46 heavy (non-hydrogen) atoms. The monoisotopic (exact) mass is 673 g/mol.